The summed E-state index contributed by atoms with van der Waals surface area (Å²) in [5.41, 5.74) is 7.05. The molecule has 0 radical (unpaired) electrons. The van der Waals surface area contributed by atoms with Crippen LogP contribution >= 0.6 is 11.6 Å². The smallest absolute Gasteiger partial charge is 0.149 e. The quantitative estimate of drug-likeness (QED) is 0.616. The summed E-state index contributed by atoms with van der Waals surface area (Å²) >= 11 is 6.94. The zero-order chi connectivity index (χ0) is 21.6. The summed E-state index contributed by atoms with van der Waals surface area (Å²) in [6.07, 6.45) is 5.25. The fourth-order valence-corrected chi connectivity index (χ4v) is 5.23. The highest BCUT2D eigenvalue weighted by Gasteiger charge is 2.36. The number of aromatic nitrogens is 2. The summed E-state index contributed by atoms with van der Waals surface area (Å²) in [5.74, 6) is 0.742. The summed E-state index contributed by atoms with van der Waals surface area (Å²) in [4.78, 5) is 11.7. The largest absolute Gasteiger partial charge is 0.388 e. The maximum Gasteiger partial charge on any atom is 0.149 e. The van der Waals surface area contributed by atoms with Crippen LogP contribution in [0.4, 0.5) is 5.82 Å². The normalized spacial score (nSPS) is 17.3. The van der Waals surface area contributed by atoms with Crippen LogP contribution in [0.2, 0.25) is 5.02 Å². The fourth-order valence-electron chi connectivity index (χ4n) is 4.91. The summed E-state index contributed by atoms with van der Waals surface area (Å²) < 4.78 is 0. The molecule has 2 N–H and O–H groups in total. The van der Waals surface area contributed by atoms with Gasteiger partial charge in [0.15, 0.2) is 0 Å². The van der Waals surface area contributed by atoms with Gasteiger partial charge in [0.1, 0.15) is 5.82 Å². The molecule has 1 saturated heterocycles. The monoisotopic (exact) mass is 434 g/mol. The molecule has 2 aliphatic rings. The molecule has 1 aliphatic carbocycles. The van der Waals surface area contributed by atoms with Crippen LogP contribution in [-0.4, -0.2) is 45.7 Å². The number of hydrogen-bond donors (Lipinski definition) is 2. The Bertz CT molecular complexity index is 1140. The van der Waals surface area contributed by atoms with Crippen LogP contribution in [-0.2, 0) is 19.4 Å². The average molecular weight is 435 g/mol. The second-order valence-electron chi connectivity index (χ2n) is 8.91. The van der Waals surface area contributed by atoms with Crippen molar-refractivity contribution in [1.82, 2.24) is 14.9 Å². The molecule has 0 unspecified atom stereocenters. The molecular weight excluding hydrogens is 408 g/mol. The number of likely N-dealkylation sites (tertiary alicyclic amines) is 1. The van der Waals surface area contributed by atoms with Gasteiger partial charge in [-0.1, -0.05) is 48.0 Å². The van der Waals surface area contributed by atoms with E-state index in [4.69, 9.17) is 16.6 Å². The molecule has 1 aliphatic heterocycles. The molecule has 160 valence electrons. The summed E-state index contributed by atoms with van der Waals surface area (Å²) in [6, 6.07) is 12.7. The highest BCUT2D eigenvalue weighted by molar-refractivity contribution is 6.36. The van der Waals surface area contributed by atoms with Crippen molar-refractivity contribution >= 4 is 17.4 Å². The number of nitrogens with one attached hydrogen (secondary N) is 1. The van der Waals surface area contributed by atoms with Gasteiger partial charge in [0, 0.05) is 37.8 Å². The van der Waals surface area contributed by atoms with E-state index in [9.17, 15) is 5.11 Å². The molecule has 0 amide bonds. The van der Waals surface area contributed by atoms with Gasteiger partial charge < -0.3 is 10.4 Å². The van der Waals surface area contributed by atoms with Gasteiger partial charge in [0.2, 0.25) is 0 Å². The van der Waals surface area contributed by atoms with E-state index in [1.165, 1.54) is 23.1 Å². The number of fused-ring (bicyclic) bond motifs is 1. The minimum absolute atomic E-state index is 0.598. The molecule has 0 bridgehead atoms. The standard InChI is InChI=1S/C25H27ClN4O/c1-25(31)14-30(15-25)13-22-24(27-2)29-21(12-28-22)20-11-5-10-19(23(20)26)18-9-4-7-16-6-3-8-17(16)18/h4-5,7,9-12,31H,3,6,8,13-15H2,1-2H3,(H,27,29). The van der Waals surface area contributed by atoms with Crippen molar-refractivity contribution in [3.05, 3.63) is 64.4 Å². The Morgan fingerprint density at radius 2 is 1.84 bits per heavy atom. The number of rotatable bonds is 5. The number of β-amino-alcohol motifs (C(OH)–C–C–N with tert-alkyl or cyclic N) is 1. The van der Waals surface area contributed by atoms with Gasteiger partial charge in [-0.05, 0) is 42.9 Å². The van der Waals surface area contributed by atoms with Gasteiger partial charge in [-0.3, -0.25) is 9.88 Å². The predicted molar refractivity (Wildman–Crippen MR) is 125 cm³/mol. The minimum atomic E-state index is -0.598. The van der Waals surface area contributed by atoms with E-state index in [2.05, 4.69) is 39.5 Å². The second-order valence-corrected chi connectivity index (χ2v) is 9.28. The predicted octanol–water partition coefficient (Wildman–Crippen LogP) is 4.56. The molecule has 1 fully saturated rings. The lowest BCUT2D eigenvalue weighted by molar-refractivity contribution is -0.0875. The number of hydrogen-bond acceptors (Lipinski definition) is 5. The van der Waals surface area contributed by atoms with E-state index in [1.54, 1.807) is 6.20 Å². The molecule has 5 rings (SSSR count). The summed E-state index contributed by atoms with van der Waals surface area (Å²) in [6.45, 7) is 3.81. The lowest BCUT2D eigenvalue weighted by atomic mass is 9.95. The van der Waals surface area contributed by atoms with Crippen molar-refractivity contribution in [3.8, 4) is 22.4 Å². The van der Waals surface area contributed by atoms with E-state index in [-0.39, 0.29) is 0 Å². The van der Waals surface area contributed by atoms with Gasteiger partial charge in [-0.15, -0.1) is 0 Å². The fraction of sp³-hybridized carbons (Fsp3) is 0.360. The number of halogens is 1. The summed E-state index contributed by atoms with van der Waals surface area (Å²) in [5, 5.41) is 13.9. The van der Waals surface area contributed by atoms with E-state index in [0.717, 1.165) is 41.2 Å². The Morgan fingerprint density at radius 3 is 2.61 bits per heavy atom. The number of nitrogens with zero attached hydrogens (tertiary/aromatic N) is 3. The van der Waals surface area contributed by atoms with E-state index >= 15 is 0 Å². The SMILES string of the molecule is CNc1nc(-c2cccc(-c3cccc4c3CCC4)c2Cl)cnc1CN1CC(C)(O)C1. The van der Waals surface area contributed by atoms with Crippen molar-refractivity contribution in [1.29, 1.82) is 0 Å². The van der Waals surface area contributed by atoms with Gasteiger partial charge in [-0.2, -0.15) is 0 Å². The van der Waals surface area contributed by atoms with Crippen molar-refractivity contribution < 1.29 is 5.11 Å². The van der Waals surface area contributed by atoms with Gasteiger partial charge in [0.25, 0.3) is 0 Å². The Balaban J connectivity index is 1.48. The van der Waals surface area contributed by atoms with Crippen LogP contribution < -0.4 is 5.32 Å². The zero-order valence-electron chi connectivity index (χ0n) is 18.0. The highest BCUT2D eigenvalue weighted by atomic mass is 35.5. The third-order valence-electron chi connectivity index (χ3n) is 6.30. The number of anilines is 1. The van der Waals surface area contributed by atoms with Crippen molar-refractivity contribution in [2.75, 3.05) is 25.5 Å². The molecule has 1 aromatic heterocycles. The topological polar surface area (TPSA) is 61.3 Å². The molecule has 0 saturated carbocycles. The lowest BCUT2D eigenvalue weighted by Gasteiger charge is -2.44. The van der Waals surface area contributed by atoms with Gasteiger partial charge >= 0.3 is 0 Å². The summed E-state index contributed by atoms with van der Waals surface area (Å²) in [7, 11) is 1.86. The van der Waals surface area contributed by atoms with Crippen LogP contribution in [0.3, 0.4) is 0 Å². The Kier molecular flexibility index (Phi) is 5.21. The Morgan fingerprint density at radius 1 is 1.10 bits per heavy atom. The van der Waals surface area contributed by atoms with Gasteiger partial charge in [-0.25, -0.2) is 4.98 Å². The van der Waals surface area contributed by atoms with Crippen LogP contribution in [0.5, 0.6) is 0 Å². The third kappa shape index (κ3) is 3.82. The molecule has 3 aromatic rings. The van der Waals surface area contributed by atoms with E-state index < -0.39 is 5.60 Å². The minimum Gasteiger partial charge on any atom is -0.388 e. The maximum absolute atomic E-state index is 9.98. The van der Waals surface area contributed by atoms with Crippen molar-refractivity contribution in [2.24, 2.45) is 0 Å². The molecule has 2 heterocycles. The van der Waals surface area contributed by atoms with Crippen LogP contribution in [0.25, 0.3) is 22.4 Å². The van der Waals surface area contributed by atoms with Crippen molar-refractivity contribution in [2.45, 2.75) is 38.3 Å². The lowest BCUT2D eigenvalue weighted by Crippen LogP contribution is -2.59. The van der Waals surface area contributed by atoms with Crippen LogP contribution in [0, 0.1) is 0 Å². The number of aryl methyl sites for hydroxylation is 1. The molecular formula is C25H27ClN4O. The third-order valence-corrected chi connectivity index (χ3v) is 6.70. The van der Waals surface area contributed by atoms with E-state index in [1.807, 2.05) is 26.1 Å². The first-order chi connectivity index (χ1) is 14.9. The maximum atomic E-state index is 9.98. The highest BCUT2D eigenvalue weighted by Crippen LogP contribution is 2.40. The molecule has 31 heavy (non-hydrogen) atoms. The van der Waals surface area contributed by atoms with E-state index in [0.29, 0.717) is 24.7 Å². The van der Waals surface area contributed by atoms with Crippen molar-refractivity contribution in [3.63, 3.8) is 0 Å². The number of benzene rings is 2. The van der Waals surface area contributed by atoms with Gasteiger partial charge in [0.05, 0.1) is 28.2 Å². The first-order valence-corrected chi connectivity index (χ1v) is 11.2. The molecule has 0 atom stereocenters. The number of aliphatic hydroxyl groups is 1. The zero-order valence-corrected chi connectivity index (χ0v) is 18.7. The van der Waals surface area contributed by atoms with Crippen LogP contribution in [0.15, 0.2) is 42.6 Å². The molecule has 2 aromatic carbocycles. The Hall–Kier alpha value is -2.47. The van der Waals surface area contributed by atoms with Crippen LogP contribution in [0.1, 0.15) is 30.2 Å². The molecule has 0 spiro atoms. The first kappa shape index (κ1) is 20.4. The average Bonchev–Trinajstić information content (AvgIpc) is 3.22. The second kappa shape index (κ2) is 7.90. The first-order valence-electron chi connectivity index (χ1n) is 10.8. The molecule has 5 nitrogen and oxygen atoms in total. The Labute approximate surface area is 188 Å². The molecule has 6 heteroatoms.